The maximum atomic E-state index is 13.9. The highest BCUT2D eigenvalue weighted by Gasteiger charge is 2.59. The first-order valence-corrected chi connectivity index (χ1v) is 10.9. The average Bonchev–Trinajstić information content (AvgIpc) is 3.49. The minimum Gasteiger partial charge on any atom is -0.330 e. The number of rotatable bonds is 2. The lowest BCUT2D eigenvalue weighted by molar-refractivity contribution is -0.121. The number of fused-ring (bicyclic) bond motifs is 3. The third-order valence-electron chi connectivity index (χ3n) is 7.16. The molecule has 1 fully saturated rings. The van der Waals surface area contributed by atoms with Crippen molar-refractivity contribution < 1.29 is 14.4 Å². The molecule has 2 aromatic carbocycles. The van der Waals surface area contributed by atoms with Crippen molar-refractivity contribution in [2.75, 3.05) is 11.9 Å². The number of benzene rings is 2. The van der Waals surface area contributed by atoms with Crippen LogP contribution in [-0.4, -0.2) is 34.0 Å². The molecule has 1 spiro atoms. The van der Waals surface area contributed by atoms with Gasteiger partial charge in [-0.25, -0.2) is 0 Å². The van der Waals surface area contributed by atoms with Crippen LogP contribution in [0.2, 0.25) is 0 Å². The first-order valence-electron chi connectivity index (χ1n) is 10.9. The van der Waals surface area contributed by atoms with Gasteiger partial charge in [-0.15, -0.1) is 0 Å². The summed E-state index contributed by atoms with van der Waals surface area (Å²) in [5.74, 6) is -0.142. The lowest BCUT2D eigenvalue weighted by Gasteiger charge is -2.34. The molecule has 3 heterocycles. The van der Waals surface area contributed by atoms with E-state index in [1.807, 2.05) is 36.4 Å². The summed E-state index contributed by atoms with van der Waals surface area (Å²) < 4.78 is 0. The normalized spacial score (nSPS) is 23.4. The molecule has 6 rings (SSSR count). The molecule has 3 aromatic rings. The molecule has 1 saturated heterocycles. The lowest BCUT2D eigenvalue weighted by atomic mass is 9.73. The van der Waals surface area contributed by atoms with Crippen molar-refractivity contribution in [3.05, 3.63) is 94.8 Å². The molecule has 2 aliphatic heterocycles. The third-order valence-corrected chi connectivity index (χ3v) is 7.16. The molecule has 0 radical (unpaired) electrons. The van der Waals surface area contributed by atoms with E-state index >= 15 is 0 Å². The molecule has 6 nitrogen and oxygen atoms in total. The van der Waals surface area contributed by atoms with Crippen molar-refractivity contribution in [2.24, 2.45) is 0 Å². The van der Waals surface area contributed by atoms with Gasteiger partial charge >= 0.3 is 0 Å². The Bertz CT molecular complexity index is 1290. The standard InChI is InChI=1S/C26H21N3O3/c30-22-11-10-17-18(22)6-3-7-19(17)24(31)29-14-12-26(23(29)16-5-4-13-27-15-16)20-8-1-2-9-21(20)28-25(26)32/h1-9,13,15,23H,10-12,14H2,(H,28,32). The Balaban J connectivity index is 1.51. The van der Waals surface area contributed by atoms with Gasteiger partial charge in [-0.2, -0.15) is 0 Å². The van der Waals surface area contributed by atoms with Gasteiger partial charge in [0.2, 0.25) is 5.91 Å². The number of aromatic nitrogens is 1. The van der Waals surface area contributed by atoms with Crippen LogP contribution in [0.3, 0.4) is 0 Å². The Kier molecular flexibility index (Phi) is 4.05. The minimum absolute atomic E-state index is 0.0837. The van der Waals surface area contributed by atoms with Gasteiger partial charge in [-0.1, -0.05) is 36.4 Å². The fraction of sp³-hybridized carbons (Fsp3) is 0.231. The fourth-order valence-corrected chi connectivity index (χ4v) is 5.75. The Morgan fingerprint density at radius 2 is 1.91 bits per heavy atom. The molecule has 2 unspecified atom stereocenters. The van der Waals surface area contributed by atoms with E-state index in [-0.39, 0.29) is 17.6 Å². The number of amides is 2. The highest BCUT2D eigenvalue weighted by molar-refractivity contribution is 6.09. The molecule has 6 heteroatoms. The van der Waals surface area contributed by atoms with Crippen LogP contribution in [0.5, 0.6) is 0 Å². The molecule has 0 bridgehead atoms. The maximum Gasteiger partial charge on any atom is 0.254 e. The van der Waals surface area contributed by atoms with E-state index in [0.29, 0.717) is 36.9 Å². The quantitative estimate of drug-likeness (QED) is 0.682. The number of para-hydroxylation sites is 1. The van der Waals surface area contributed by atoms with Crippen molar-refractivity contribution in [3.63, 3.8) is 0 Å². The number of Topliss-reactive ketones (excluding diaryl/α,β-unsaturated/α-hetero) is 1. The van der Waals surface area contributed by atoms with E-state index in [4.69, 9.17) is 0 Å². The van der Waals surface area contributed by atoms with E-state index in [2.05, 4.69) is 10.3 Å². The van der Waals surface area contributed by atoms with Gasteiger partial charge in [-0.3, -0.25) is 19.4 Å². The second kappa shape index (κ2) is 6.85. The SMILES string of the molecule is O=C1CCc2c1cccc2C(=O)N1CCC2(C(=O)Nc3ccccc32)C1c1cccnc1. The molecule has 3 aliphatic rings. The number of anilines is 1. The zero-order valence-electron chi connectivity index (χ0n) is 17.4. The summed E-state index contributed by atoms with van der Waals surface area (Å²) in [6, 6.07) is 16.4. The molecule has 158 valence electrons. The largest absolute Gasteiger partial charge is 0.330 e. The third kappa shape index (κ3) is 2.46. The van der Waals surface area contributed by atoms with E-state index in [0.717, 1.165) is 22.4 Å². The van der Waals surface area contributed by atoms with Gasteiger partial charge in [0.05, 0.1) is 6.04 Å². The summed E-state index contributed by atoms with van der Waals surface area (Å²) in [5.41, 5.74) is 3.70. The Morgan fingerprint density at radius 1 is 1.03 bits per heavy atom. The van der Waals surface area contributed by atoms with Crippen LogP contribution in [0.1, 0.15) is 56.3 Å². The minimum atomic E-state index is -0.872. The van der Waals surface area contributed by atoms with Gasteiger partial charge < -0.3 is 10.2 Å². The first-order chi connectivity index (χ1) is 15.6. The summed E-state index contributed by atoms with van der Waals surface area (Å²) >= 11 is 0. The summed E-state index contributed by atoms with van der Waals surface area (Å²) in [7, 11) is 0. The maximum absolute atomic E-state index is 13.9. The molecule has 32 heavy (non-hydrogen) atoms. The number of nitrogens with one attached hydrogen (secondary N) is 1. The average molecular weight is 423 g/mol. The highest BCUT2D eigenvalue weighted by Crippen LogP contribution is 2.55. The molecule has 0 saturated carbocycles. The number of pyridine rings is 1. The van der Waals surface area contributed by atoms with Gasteiger partial charge in [0.25, 0.3) is 5.91 Å². The second-order valence-electron chi connectivity index (χ2n) is 8.66. The molecular formula is C26H21N3O3. The Hall–Kier alpha value is -3.80. The van der Waals surface area contributed by atoms with Crippen LogP contribution in [0.4, 0.5) is 5.69 Å². The van der Waals surface area contributed by atoms with E-state index < -0.39 is 11.5 Å². The first kappa shape index (κ1) is 18.9. The fourth-order valence-electron chi connectivity index (χ4n) is 5.75. The zero-order chi connectivity index (χ0) is 21.9. The lowest BCUT2D eigenvalue weighted by Crippen LogP contribution is -2.42. The number of nitrogens with zero attached hydrogens (tertiary/aromatic N) is 2. The summed E-state index contributed by atoms with van der Waals surface area (Å²) in [5, 5.41) is 3.03. The number of carbonyl (C=O) groups is 3. The Labute approximate surface area is 185 Å². The molecule has 1 N–H and O–H groups in total. The van der Waals surface area contributed by atoms with Crippen LogP contribution in [0.25, 0.3) is 0 Å². The van der Waals surface area contributed by atoms with Crippen LogP contribution >= 0.6 is 0 Å². The topological polar surface area (TPSA) is 79.4 Å². The summed E-state index contributed by atoms with van der Waals surface area (Å²) in [4.78, 5) is 45.7. The van der Waals surface area contributed by atoms with Crippen molar-refractivity contribution in [2.45, 2.75) is 30.7 Å². The number of ketones is 1. The van der Waals surface area contributed by atoms with Gasteiger partial charge in [0.1, 0.15) is 5.41 Å². The predicted octanol–water partition coefficient (Wildman–Crippen LogP) is 3.69. The van der Waals surface area contributed by atoms with Gasteiger partial charge in [0.15, 0.2) is 5.78 Å². The summed E-state index contributed by atoms with van der Waals surface area (Å²) in [6.45, 7) is 0.442. The van der Waals surface area contributed by atoms with Crippen molar-refractivity contribution in [3.8, 4) is 0 Å². The molecule has 1 aliphatic carbocycles. The van der Waals surface area contributed by atoms with Gasteiger partial charge in [0, 0.05) is 42.2 Å². The second-order valence-corrected chi connectivity index (χ2v) is 8.66. The number of hydrogen-bond acceptors (Lipinski definition) is 4. The number of hydrogen-bond donors (Lipinski definition) is 1. The van der Waals surface area contributed by atoms with E-state index in [1.54, 1.807) is 35.5 Å². The smallest absolute Gasteiger partial charge is 0.254 e. The molecule has 2 atom stereocenters. The molecule has 2 amide bonds. The van der Waals surface area contributed by atoms with Gasteiger partial charge in [-0.05, 0) is 47.7 Å². The molecule has 1 aromatic heterocycles. The van der Waals surface area contributed by atoms with E-state index in [9.17, 15) is 14.4 Å². The highest BCUT2D eigenvalue weighted by atomic mass is 16.2. The Morgan fingerprint density at radius 3 is 2.75 bits per heavy atom. The van der Waals surface area contributed by atoms with Crippen LogP contribution < -0.4 is 5.32 Å². The predicted molar refractivity (Wildman–Crippen MR) is 118 cm³/mol. The molecular weight excluding hydrogens is 402 g/mol. The summed E-state index contributed by atoms with van der Waals surface area (Å²) in [6.07, 6.45) is 4.97. The van der Waals surface area contributed by atoms with Crippen molar-refractivity contribution >= 4 is 23.3 Å². The van der Waals surface area contributed by atoms with Crippen LogP contribution in [-0.2, 0) is 16.6 Å². The van der Waals surface area contributed by atoms with Crippen molar-refractivity contribution in [1.29, 1.82) is 0 Å². The number of carbonyl (C=O) groups excluding carboxylic acids is 3. The van der Waals surface area contributed by atoms with Crippen LogP contribution in [0, 0.1) is 0 Å². The number of likely N-dealkylation sites (tertiary alicyclic amines) is 1. The van der Waals surface area contributed by atoms with Crippen molar-refractivity contribution in [1.82, 2.24) is 9.88 Å². The van der Waals surface area contributed by atoms with E-state index in [1.165, 1.54) is 0 Å². The monoisotopic (exact) mass is 423 g/mol. The van der Waals surface area contributed by atoms with Crippen LogP contribution in [0.15, 0.2) is 67.0 Å². The zero-order valence-corrected chi connectivity index (χ0v) is 17.4.